The molecule has 126 valence electrons. The average molecular weight is 354 g/mol. The molecule has 0 fully saturated rings. The van der Waals surface area contributed by atoms with Gasteiger partial charge in [0, 0.05) is 0 Å². The summed E-state index contributed by atoms with van der Waals surface area (Å²) in [5.74, 6) is -4.78. The molecule has 1 aromatic carbocycles. The minimum absolute atomic E-state index is 0. The quantitative estimate of drug-likeness (QED) is 0.628. The van der Waals surface area contributed by atoms with Crippen LogP contribution in [0, 0.1) is 0 Å². The second-order valence-electron chi connectivity index (χ2n) is 5.60. The van der Waals surface area contributed by atoms with E-state index >= 15 is 0 Å². The van der Waals surface area contributed by atoms with Crippen LogP contribution in [-0.4, -0.2) is 26.8 Å². The molecular formula is C14H22ClF2NO3Si. The first-order chi connectivity index (χ1) is 9.58. The van der Waals surface area contributed by atoms with Gasteiger partial charge in [0.15, 0.2) is 0 Å². The van der Waals surface area contributed by atoms with Gasteiger partial charge in [-0.05, 0) is 44.3 Å². The first-order valence-corrected chi connectivity index (χ1v) is 10.1. The summed E-state index contributed by atoms with van der Waals surface area (Å²) in [6.45, 7) is 7.39. The highest BCUT2D eigenvalue weighted by Gasteiger charge is 2.47. The number of carbonyl (C=O) groups is 1. The highest BCUT2D eigenvalue weighted by Crippen LogP contribution is 2.31. The molecule has 0 saturated carbocycles. The van der Waals surface area contributed by atoms with Gasteiger partial charge in [0.1, 0.15) is 11.8 Å². The maximum atomic E-state index is 13.8. The molecule has 0 radical (unpaired) electrons. The van der Waals surface area contributed by atoms with Gasteiger partial charge in [-0.15, -0.1) is 12.4 Å². The van der Waals surface area contributed by atoms with E-state index in [-0.39, 0.29) is 24.6 Å². The van der Waals surface area contributed by atoms with Crippen molar-refractivity contribution in [2.45, 2.75) is 38.5 Å². The summed E-state index contributed by atoms with van der Waals surface area (Å²) in [6.07, 6.45) is 0. The molecule has 22 heavy (non-hydrogen) atoms. The molecule has 1 aromatic rings. The SMILES string of the molecule is CCOC(=O)C(F)(F)[C@H](N)c1ccc(O[Si](C)(C)C)cc1.Cl. The molecule has 0 spiro atoms. The largest absolute Gasteiger partial charge is 0.544 e. The number of alkyl halides is 2. The van der Waals surface area contributed by atoms with E-state index in [9.17, 15) is 13.6 Å². The van der Waals surface area contributed by atoms with Crippen molar-refractivity contribution < 1.29 is 22.7 Å². The third-order valence-corrected chi connectivity index (χ3v) is 3.45. The van der Waals surface area contributed by atoms with Gasteiger partial charge in [-0.3, -0.25) is 0 Å². The molecule has 0 aliphatic rings. The molecule has 1 rings (SSSR count). The van der Waals surface area contributed by atoms with Crippen molar-refractivity contribution in [1.82, 2.24) is 0 Å². The summed E-state index contributed by atoms with van der Waals surface area (Å²) >= 11 is 0. The van der Waals surface area contributed by atoms with Crippen molar-refractivity contribution >= 4 is 26.7 Å². The Hall–Kier alpha value is -1.18. The number of esters is 1. The molecule has 0 amide bonds. The molecule has 0 aromatic heterocycles. The van der Waals surface area contributed by atoms with E-state index < -0.39 is 26.3 Å². The van der Waals surface area contributed by atoms with Gasteiger partial charge >= 0.3 is 11.9 Å². The second kappa shape index (κ2) is 7.89. The van der Waals surface area contributed by atoms with Gasteiger partial charge in [-0.25, -0.2) is 4.79 Å². The third-order valence-electron chi connectivity index (χ3n) is 2.60. The topological polar surface area (TPSA) is 61.5 Å². The lowest BCUT2D eigenvalue weighted by Crippen LogP contribution is -2.41. The van der Waals surface area contributed by atoms with Gasteiger partial charge in [-0.1, -0.05) is 12.1 Å². The normalized spacial score (nSPS) is 13.0. The molecular weight excluding hydrogens is 332 g/mol. The highest BCUT2D eigenvalue weighted by molar-refractivity contribution is 6.70. The van der Waals surface area contributed by atoms with Crippen LogP contribution in [0.1, 0.15) is 18.5 Å². The maximum absolute atomic E-state index is 13.8. The number of nitrogens with two attached hydrogens (primary N) is 1. The molecule has 1 atom stereocenters. The van der Waals surface area contributed by atoms with Crippen LogP contribution in [-0.2, 0) is 9.53 Å². The average Bonchev–Trinajstić information content (AvgIpc) is 2.37. The minimum atomic E-state index is -3.77. The van der Waals surface area contributed by atoms with E-state index in [1.54, 1.807) is 12.1 Å². The summed E-state index contributed by atoms with van der Waals surface area (Å²) in [4.78, 5) is 11.3. The monoisotopic (exact) mass is 353 g/mol. The lowest BCUT2D eigenvalue weighted by Gasteiger charge is -2.23. The molecule has 4 nitrogen and oxygen atoms in total. The standard InChI is InChI=1S/C14H21F2NO3Si.ClH/c1-5-19-13(18)14(15,16)12(17)10-6-8-11(9-7-10)20-21(2,3)4;/h6-9,12H,5,17H2,1-4H3;1H/t12-;/m1./s1. The van der Waals surface area contributed by atoms with Crippen molar-refractivity contribution in [3.63, 3.8) is 0 Å². The Balaban J connectivity index is 0.00000441. The Bertz CT molecular complexity index is 492. The van der Waals surface area contributed by atoms with Crippen LogP contribution >= 0.6 is 12.4 Å². The first kappa shape index (κ1) is 20.8. The highest BCUT2D eigenvalue weighted by atomic mass is 35.5. The third kappa shape index (κ3) is 5.55. The summed E-state index contributed by atoms with van der Waals surface area (Å²) in [5.41, 5.74) is 5.65. The van der Waals surface area contributed by atoms with Crippen LogP contribution < -0.4 is 10.2 Å². The number of halogens is 3. The fourth-order valence-corrected chi connectivity index (χ4v) is 2.50. The fraction of sp³-hybridized carbons (Fsp3) is 0.500. The van der Waals surface area contributed by atoms with E-state index in [2.05, 4.69) is 4.74 Å². The van der Waals surface area contributed by atoms with Crippen molar-refractivity contribution in [3.05, 3.63) is 29.8 Å². The Labute approximate surface area is 136 Å². The number of rotatable bonds is 6. The van der Waals surface area contributed by atoms with E-state index in [4.69, 9.17) is 10.2 Å². The molecule has 2 N–H and O–H groups in total. The molecule has 8 heteroatoms. The van der Waals surface area contributed by atoms with Gasteiger partial charge in [0.25, 0.3) is 0 Å². The molecule has 0 heterocycles. The zero-order valence-electron chi connectivity index (χ0n) is 13.1. The van der Waals surface area contributed by atoms with Crippen molar-refractivity contribution in [1.29, 1.82) is 0 Å². The molecule has 0 aliphatic carbocycles. The van der Waals surface area contributed by atoms with Crippen LogP contribution in [0.4, 0.5) is 8.78 Å². The first-order valence-electron chi connectivity index (χ1n) is 6.67. The van der Waals surface area contributed by atoms with Gasteiger partial charge in [0.05, 0.1) is 6.61 Å². The van der Waals surface area contributed by atoms with E-state index in [0.717, 1.165) is 0 Å². The molecule has 0 saturated heterocycles. The molecule has 0 bridgehead atoms. The van der Waals surface area contributed by atoms with Crippen molar-refractivity contribution in [2.75, 3.05) is 6.61 Å². The number of hydrogen-bond acceptors (Lipinski definition) is 4. The minimum Gasteiger partial charge on any atom is -0.544 e. The number of benzene rings is 1. The van der Waals surface area contributed by atoms with E-state index in [1.165, 1.54) is 19.1 Å². The zero-order chi connectivity index (χ0) is 16.3. The predicted molar refractivity (Wildman–Crippen MR) is 86.2 cm³/mol. The van der Waals surface area contributed by atoms with Crippen molar-refractivity contribution in [3.8, 4) is 5.75 Å². The molecule has 0 unspecified atom stereocenters. The lowest BCUT2D eigenvalue weighted by atomic mass is 10.0. The van der Waals surface area contributed by atoms with Gasteiger partial charge < -0.3 is 14.9 Å². The van der Waals surface area contributed by atoms with Crippen LogP contribution in [0.15, 0.2) is 24.3 Å². The predicted octanol–water partition coefficient (Wildman–Crippen LogP) is 3.52. The van der Waals surface area contributed by atoms with Crippen LogP contribution in [0.2, 0.25) is 19.6 Å². The Morgan fingerprint density at radius 3 is 2.18 bits per heavy atom. The van der Waals surface area contributed by atoms with E-state index in [0.29, 0.717) is 5.75 Å². The van der Waals surface area contributed by atoms with Crippen LogP contribution in [0.5, 0.6) is 5.75 Å². The Morgan fingerprint density at radius 2 is 1.77 bits per heavy atom. The summed E-state index contributed by atoms with van der Waals surface area (Å²) in [5, 5.41) is 0. The number of carbonyl (C=O) groups excluding carboxylic acids is 1. The van der Waals surface area contributed by atoms with Crippen LogP contribution in [0.25, 0.3) is 0 Å². The zero-order valence-corrected chi connectivity index (χ0v) is 14.9. The molecule has 0 aliphatic heterocycles. The second-order valence-corrected chi connectivity index (χ2v) is 10.0. The van der Waals surface area contributed by atoms with Gasteiger partial charge in [0.2, 0.25) is 8.32 Å². The van der Waals surface area contributed by atoms with Crippen molar-refractivity contribution in [2.24, 2.45) is 5.73 Å². The maximum Gasteiger partial charge on any atom is 0.379 e. The summed E-state index contributed by atoms with van der Waals surface area (Å²) in [6, 6.07) is 4.28. The fourth-order valence-electron chi connectivity index (χ4n) is 1.66. The number of ether oxygens (including phenoxy) is 1. The Kier molecular flexibility index (Phi) is 7.47. The lowest BCUT2D eigenvalue weighted by molar-refractivity contribution is -0.174. The smallest absolute Gasteiger partial charge is 0.379 e. The number of hydrogen-bond donors (Lipinski definition) is 1. The van der Waals surface area contributed by atoms with E-state index in [1.807, 2.05) is 19.6 Å². The van der Waals surface area contributed by atoms with Crippen LogP contribution in [0.3, 0.4) is 0 Å². The summed E-state index contributed by atoms with van der Waals surface area (Å²) < 4.78 is 37.7. The summed E-state index contributed by atoms with van der Waals surface area (Å²) in [7, 11) is -1.76. The van der Waals surface area contributed by atoms with Gasteiger partial charge in [-0.2, -0.15) is 8.78 Å². The Morgan fingerprint density at radius 1 is 1.27 bits per heavy atom.